The van der Waals surface area contributed by atoms with Crippen molar-refractivity contribution in [2.24, 2.45) is 0 Å². The predicted molar refractivity (Wildman–Crippen MR) is 108 cm³/mol. The minimum Gasteiger partial charge on any atom is -0.496 e. The van der Waals surface area contributed by atoms with Crippen molar-refractivity contribution in [1.82, 2.24) is 0 Å². The van der Waals surface area contributed by atoms with Crippen LogP contribution in [0.5, 0.6) is 23.0 Å². The zero-order chi connectivity index (χ0) is 21.8. The highest BCUT2D eigenvalue weighted by Crippen LogP contribution is 2.39. The number of hydrogen-bond acceptors (Lipinski definition) is 8. The van der Waals surface area contributed by atoms with E-state index < -0.39 is 11.8 Å². The first-order chi connectivity index (χ1) is 14.5. The molecule has 0 radical (unpaired) electrons. The molecule has 0 N–H and O–H groups in total. The van der Waals surface area contributed by atoms with Gasteiger partial charge in [-0.15, -0.1) is 0 Å². The number of benzene rings is 2. The fraction of sp³-hybridized carbons (Fsp3) is 0.273. The maximum Gasteiger partial charge on any atom is 0.375 e. The van der Waals surface area contributed by atoms with Gasteiger partial charge in [0, 0.05) is 17.7 Å². The highest BCUT2D eigenvalue weighted by atomic mass is 16.5. The van der Waals surface area contributed by atoms with E-state index in [4.69, 9.17) is 28.1 Å². The van der Waals surface area contributed by atoms with Crippen molar-refractivity contribution in [3.8, 4) is 23.0 Å². The molecule has 0 amide bonds. The van der Waals surface area contributed by atoms with Crippen LogP contribution in [0.1, 0.15) is 33.4 Å². The zero-order valence-electron chi connectivity index (χ0n) is 17.4. The number of carbonyl (C=O) groups is 2. The van der Waals surface area contributed by atoms with E-state index in [9.17, 15) is 9.59 Å². The van der Waals surface area contributed by atoms with Crippen molar-refractivity contribution in [2.45, 2.75) is 6.92 Å². The fourth-order valence-corrected chi connectivity index (χ4v) is 3.12. The molecule has 0 spiro atoms. The Hall–Kier alpha value is -3.68. The van der Waals surface area contributed by atoms with Gasteiger partial charge in [-0.25, -0.2) is 4.79 Å². The van der Waals surface area contributed by atoms with Crippen LogP contribution in [0.3, 0.4) is 0 Å². The molecular weight excluding hydrogens is 392 g/mol. The molecule has 0 aliphatic rings. The molecule has 0 saturated carbocycles. The molecule has 8 nitrogen and oxygen atoms in total. The van der Waals surface area contributed by atoms with Crippen LogP contribution in [-0.4, -0.2) is 46.8 Å². The van der Waals surface area contributed by atoms with E-state index in [0.29, 0.717) is 28.4 Å². The van der Waals surface area contributed by atoms with Crippen molar-refractivity contribution in [1.29, 1.82) is 0 Å². The lowest BCUT2D eigenvalue weighted by Crippen LogP contribution is -2.11. The lowest BCUT2D eigenvalue weighted by Gasteiger charge is -2.10. The van der Waals surface area contributed by atoms with Gasteiger partial charge in [0.15, 0.2) is 17.3 Å². The van der Waals surface area contributed by atoms with Crippen LogP contribution in [-0.2, 0) is 4.74 Å². The van der Waals surface area contributed by atoms with Gasteiger partial charge >= 0.3 is 5.97 Å². The van der Waals surface area contributed by atoms with Crippen molar-refractivity contribution >= 4 is 22.7 Å². The Morgan fingerprint density at radius 3 is 2.17 bits per heavy atom. The molecule has 1 heterocycles. The summed E-state index contributed by atoms with van der Waals surface area (Å²) in [7, 11) is 5.92. The normalized spacial score (nSPS) is 10.6. The van der Waals surface area contributed by atoms with Crippen molar-refractivity contribution in [3.63, 3.8) is 0 Å². The van der Waals surface area contributed by atoms with Crippen LogP contribution in [0.4, 0.5) is 0 Å². The van der Waals surface area contributed by atoms with Crippen LogP contribution in [0.2, 0.25) is 0 Å². The summed E-state index contributed by atoms with van der Waals surface area (Å²) in [5, 5.41) is 0.348. The average Bonchev–Trinajstić information content (AvgIpc) is 3.17. The smallest absolute Gasteiger partial charge is 0.375 e. The molecule has 0 bridgehead atoms. The minimum atomic E-state index is -0.751. The Morgan fingerprint density at radius 1 is 0.867 bits per heavy atom. The molecule has 1 aromatic heterocycles. The number of hydrogen-bond donors (Lipinski definition) is 0. The van der Waals surface area contributed by atoms with Crippen LogP contribution in [0, 0.1) is 0 Å². The molecular formula is C22H22O8. The van der Waals surface area contributed by atoms with Gasteiger partial charge in [0.25, 0.3) is 0 Å². The van der Waals surface area contributed by atoms with E-state index in [1.807, 2.05) is 0 Å². The molecule has 3 aromatic rings. The fourth-order valence-electron chi connectivity index (χ4n) is 3.12. The van der Waals surface area contributed by atoms with Crippen LogP contribution in [0.25, 0.3) is 11.0 Å². The summed E-state index contributed by atoms with van der Waals surface area (Å²) >= 11 is 0. The lowest BCUT2D eigenvalue weighted by molar-refractivity contribution is 0.0489. The summed E-state index contributed by atoms with van der Waals surface area (Å²) < 4.78 is 32.0. The first-order valence-corrected chi connectivity index (χ1v) is 9.11. The number of rotatable bonds is 8. The molecule has 158 valence electrons. The summed E-state index contributed by atoms with van der Waals surface area (Å²) in [6, 6.07) is 7.90. The van der Waals surface area contributed by atoms with Gasteiger partial charge in [0.1, 0.15) is 17.1 Å². The Morgan fingerprint density at radius 2 is 1.57 bits per heavy atom. The molecule has 30 heavy (non-hydrogen) atoms. The van der Waals surface area contributed by atoms with Crippen LogP contribution < -0.4 is 18.9 Å². The average molecular weight is 414 g/mol. The SMILES string of the molecule is CCOC(=O)c1oc2cc(OC)cc(OC)c2c1C(=O)c1ccc(OC)c(OC)c1. The van der Waals surface area contributed by atoms with E-state index in [1.54, 1.807) is 31.2 Å². The molecule has 0 atom stereocenters. The van der Waals surface area contributed by atoms with Gasteiger partial charge in [-0.1, -0.05) is 0 Å². The largest absolute Gasteiger partial charge is 0.496 e. The standard InChI is InChI=1S/C22H22O8/c1-6-29-22(24)21-19(18-16(28-5)10-13(25-2)11-17(18)30-21)20(23)12-7-8-14(26-3)15(9-12)27-4/h7-11H,6H2,1-5H3. The number of carbonyl (C=O) groups excluding carboxylic acids is 2. The van der Waals surface area contributed by atoms with Gasteiger partial charge in [-0.2, -0.15) is 0 Å². The summed E-state index contributed by atoms with van der Waals surface area (Å²) in [6.45, 7) is 1.79. The highest BCUT2D eigenvalue weighted by molar-refractivity contribution is 6.22. The summed E-state index contributed by atoms with van der Waals surface area (Å²) in [5.74, 6) is 0.209. The summed E-state index contributed by atoms with van der Waals surface area (Å²) in [6.07, 6.45) is 0. The molecule has 0 unspecified atom stereocenters. The summed E-state index contributed by atoms with van der Waals surface area (Å²) in [5.41, 5.74) is 0.576. The first-order valence-electron chi connectivity index (χ1n) is 9.11. The molecule has 2 aromatic carbocycles. The van der Waals surface area contributed by atoms with E-state index >= 15 is 0 Å². The number of esters is 1. The Kier molecular flexibility index (Phi) is 6.15. The van der Waals surface area contributed by atoms with Crippen LogP contribution >= 0.6 is 0 Å². The number of ether oxygens (including phenoxy) is 5. The Labute approximate surface area is 173 Å². The number of methoxy groups -OCH3 is 4. The predicted octanol–water partition coefficient (Wildman–Crippen LogP) is 3.87. The highest BCUT2D eigenvalue weighted by Gasteiger charge is 2.30. The Bertz CT molecular complexity index is 1100. The van der Waals surface area contributed by atoms with Crippen molar-refractivity contribution in [3.05, 3.63) is 47.2 Å². The molecule has 8 heteroatoms. The third-order valence-electron chi connectivity index (χ3n) is 4.52. The maximum absolute atomic E-state index is 13.5. The van der Waals surface area contributed by atoms with Gasteiger partial charge < -0.3 is 28.1 Å². The van der Waals surface area contributed by atoms with Gasteiger partial charge in [-0.3, -0.25) is 4.79 Å². The number of furan rings is 1. The monoisotopic (exact) mass is 414 g/mol. The maximum atomic E-state index is 13.5. The Balaban J connectivity index is 2.28. The third kappa shape index (κ3) is 3.63. The molecule has 0 saturated heterocycles. The van der Waals surface area contributed by atoms with E-state index in [2.05, 4.69) is 0 Å². The van der Waals surface area contributed by atoms with Gasteiger partial charge in [0.2, 0.25) is 5.76 Å². The van der Waals surface area contributed by atoms with Crippen molar-refractivity contribution < 1.29 is 37.7 Å². The lowest BCUT2D eigenvalue weighted by atomic mass is 9.99. The van der Waals surface area contributed by atoms with Gasteiger partial charge in [0.05, 0.1) is 46.0 Å². The molecule has 3 rings (SSSR count). The van der Waals surface area contributed by atoms with E-state index in [1.165, 1.54) is 34.5 Å². The summed E-state index contributed by atoms with van der Waals surface area (Å²) in [4.78, 5) is 26.1. The van der Waals surface area contributed by atoms with E-state index in [0.717, 1.165) is 0 Å². The minimum absolute atomic E-state index is 0.0372. The number of fused-ring (bicyclic) bond motifs is 1. The quantitative estimate of drug-likeness (QED) is 0.405. The second-order valence-electron chi connectivity index (χ2n) is 6.13. The van der Waals surface area contributed by atoms with Crippen LogP contribution in [0.15, 0.2) is 34.7 Å². The van der Waals surface area contributed by atoms with Crippen molar-refractivity contribution in [2.75, 3.05) is 35.0 Å². The van der Waals surface area contributed by atoms with Gasteiger partial charge in [-0.05, 0) is 25.1 Å². The topological polar surface area (TPSA) is 93.4 Å². The second kappa shape index (κ2) is 8.77. The van der Waals surface area contributed by atoms with E-state index in [-0.39, 0.29) is 29.1 Å². The zero-order valence-corrected chi connectivity index (χ0v) is 17.4. The first kappa shape index (κ1) is 21.0. The third-order valence-corrected chi connectivity index (χ3v) is 4.52. The molecule has 0 aliphatic carbocycles. The molecule has 0 fully saturated rings. The second-order valence-corrected chi connectivity index (χ2v) is 6.13. The molecule has 0 aliphatic heterocycles. The number of ketones is 1.